The number of nitrogens with one attached hydrogen (secondary N) is 1. The Morgan fingerprint density at radius 2 is 1.83 bits per heavy atom. The van der Waals surface area contributed by atoms with Crippen molar-refractivity contribution in [3.05, 3.63) is 54.1 Å². The number of aliphatic carboxylic acids is 1. The fraction of sp³-hybridized carbons (Fsp3) is 0.333. The monoisotopic (exact) mass is 410 g/mol. The Kier molecular flexibility index (Phi) is 8.94. The lowest BCUT2D eigenvalue weighted by molar-refractivity contribution is -0.131. The van der Waals surface area contributed by atoms with E-state index in [9.17, 15) is 14.7 Å². The maximum atomic E-state index is 12.4. The number of carbonyl (C=O) groups excluding carboxylic acids is 1. The van der Waals surface area contributed by atoms with Gasteiger partial charge in [-0.25, -0.2) is 9.59 Å². The van der Waals surface area contributed by atoms with E-state index in [0.29, 0.717) is 23.4 Å². The van der Waals surface area contributed by atoms with Gasteiger partial charge in [0.05, 0.1) is 0 Å². The second-order valence-electron chi connectivity index (χ2n) is 7.20. The van der Waals surface area contributed by atoms with Gasteiger partial charge in [0.1, 0.15) is 5.75 Å². The number of anilines is 1. The maximum absolute atomic E-state index is 12.4. The number of aromatic hydroxyl groups is 1. The number of phenols is 1. The lowest BCUT2D eigenvalue weighted by Crippen LogP contribution is -2.37. The maximum Gasteiger partial charge on any atom is 0.328 e. The van der Waals surface area contributed by atoms with Gasteiger partial charge in [-0.15, -0.1) is 0 Å². The summed E-state index contributed by atoms with van der Waals surface area (Å²) in [5, 5.41) is 22.0. The van der Waals surface area contributed by atoms with Crippen molar-refractivity contribution in [3.8, 4) is 16.9 Å². The second kappa shape index (κ2) is 11.7. The van der Waals surface area contributed by atoms with Crippen LogP contribution in [0.3, 0.4) is 0 Å². The first-order valence-corrected chi connectivity index (χ1v) is 10.3. The first kappa shape index (κ1) is 23.0. The Morgan fingerprint density at radius 1 is 1.07 bits per heavy atom. The second-order valence-corrected chi connectivity index (χ2v) is 7.20. The Bertz CT molecular complexity index is 893. The number of urea groups is 1. The average molecular weight is 411 g/mol. The van der Waals surface area contributed by atoms with Crippen molar-refractivity contribution in [3.63, 3.8) is 0 Å². The zero-order valence-corrected chi connectivity index (χ0v) is 17.6. The molecule has 160 valence electrons. The fourth-order valence-electron chi connectivity index (χ4n) is 3.11. The van der Waals surface area contributed by atoms with Gasteiger partial charge in [-0.2, -0.15) is 0 Å². The van der Waals surface area contributed by atoms with E-state index in [1.807, 2.05) is 24.3 Å². The van der Waals surface area contributed by atoms with E-state index in [4.69, 9.17) is 5.11 Å². The Morgan fingerprint density at radius 3 is 2.53 bits per heavy atom. The van der Waals surface area contributed by atoms with Crippen molar-refractivity contribution in [1.82, 2.24) is 5.32 Å². The molecular weight excluding hydrogens is 380 g/mol. The van der Waals surface area contributed by atoms with Crippen LogP contribution in [0, 0.1) is 0 Å². The van der Waals surface area contributed by atoms with E-state index >= 15 is 0 Å². The third kappa shape index (κ3) is 6.95. The zero-order chi connectivity index (χ0) is 21.9. The van der Waals surface area contributed by atoms with Gasteiger partial charge in [0.2, 0.25) is 0 Å². The molecule has 0 atom stereocenters. The van der Waals surface area contributed by atoms with Crippen LogP contribution in [0.5, 0.6) is 5.75 Å². The van der Waals surface area contributed by atoms with E-state index in [0.717, 1.165) is 24.5 Å². The summed E-state index contributed by atoms with van der Waals surface area (Å²) in [4.78, 5) is 24.6. The van der Waals surface area contributed by atoms with Gasteiger partial charge >= 0.3 is 12.0 Å². The summed E-state index contributed by atoms with van der Waals surface area (Å²) in [6, 6.07) is 12.2. The van der Waals surface area contributed by atoms with Crippen LogP contribution in [0.15, 0.2) is 48.5 Å². The molecule has 0 aromatic heterocycles. The largest absolute Gasteiger partial charge is 0.507 e. The first-order valence-electron chi connectivity index (χ1n) is 10.3. The molecule has 0 fully saturated rings. The molecule has 0 saturated heterocycles. The molecule has 0 aliphatic rings. The highest BCUT2D eigenvalue weighted by atomic mass is 16.4. The molecule has 30 heavy (non-hydrogen) atoms. The summed E-state index contributed by atoms with van der Waals surface area (Å²) in [7, 11) is 1.71. The molecule has 2 aromatic rings. The Balaban J connectivity index is 2.05. The molecule has 3 N–H and O–H groups in total. The number of carboxylic acid groups (broad SMARTS) is 1. The van der Waals surface area contributed by atoms with Crippen LogP contribution in [-0.4, -0.2) is 35.8 Å². The molecule has 0 aliphatic carbocycles. The third-order valence-corrected chi connectivity index (χ3v) is 4.85. The van der Waals surface area contributed by atoms with E-state index in [-0.39, 0.29) is 11.8 Å². The quantitative estimate of drug-likeness (QED) is 0.367. The summed E-state index contributed by atoms with van der Waals surface area (Å²) in [6.45, 7) is 2.83. The standard InChI is InChI=1S/C24H30N2O4/c1-3-4-5-6-7-15-25-24(30)26(2)20-10-8-9-19(17-20)21-13-11-18(16-22(21)27)12-14-23(28)29/h8-14,16-17,27H,3-7,15H2,1-2H3,(H,25,30)(H,28,29). The lowest BCUT2D eigenvalue weighted by Gasteiger charge is -2.19. The molecule has 6 nitrogen and oxygen atoms in total. The molecule has 0 saturated carbocycles. The van der Waals surface area contributed by atoms with Crippen molar-refractivity contribution >= 4 is 23.8 Å². The molecule has 0 aliphatic heterocycles. The molecule has 0 heterocycles. The van der Waals surface area contributed by atoms with Crippen LogP contribution >= 0.6 is 0 Å². The van der Waals surface area contributed by atoms with Crippen molar-refractivity contribution < 1.29 is 19.8 Å². The first-order chi connectivity index (χ1) is 14.4. The van der Waals surface area contributed by atoms with Crippen molar-refractivity contribution in [2.24, 2.45) is 0 Å². The molecule has 2 amide bonds. The fourth-order valence-corrected chi connectivity index (χ4v) is 3.11. The van der Waals surface area contributed by atoms with Gasteiger partial charge in [0, 0.05) is 30.9 Å². The van der Waals surface area contributed by atoms with Crippen LogP contribution < -0.4 is 10.2 Å². The average Bonchev–Trinajstić information content (AvgIpc) is 2.74. The summed E-state index contributed by atoms with van der Waals surface area (Å²) in [5.41, 5.74) is 2.67. The van der Waals surface area contributed by atoms with Crippen molar-refractivity contribution in [2.75, 3.05) is 18.5 Å². The number of rotatable bonds is 10. The smallest absolute Gasteiger partial charge is 0.328 e. The van der Waals surface area contributed by atoms with Crippen LogP contribution in [0.25, 0.3) is 17.2 Å². The van der Waals surface area contributed by atoms with Gasteiger partial charge in [0.15, 0.2) is 0 Å². The minimum Gasteiger partial charge on any atom is -0.507 e. The number of unbranched alkanes of at least 4 members (excludes halogenated alkanes) is 4. The van der Waals surface area contributed by atoms with Gasteiger partial charge in [-0.3, -0.25) is 4.90 Å². The normalized spacial score (nSPS) is 10.9. The number of hydrogen-bond donors (Lipinski definition) is 3. The third-order valence-electron chi connectivity index (χ3n) is 4.85. The predicted octanol–water partition coefficient (Wildman–Crippen LogP) is 5.27. The van der Waals surface area contributed by atoms with Gasteiger partial charge in [-0.1, -0.05) is 56.9 Å². The van der Waals surface area contributed by atoms with Crippen LogP contribution in [-0.2, 0) is 4.79 Å². The van der Waals surface area contributed by atoms with E-state index in [1.165, 1.54) is 31.4 Å². The van der Waals surface area contributed by atoms with Gasteiger partial charge < -0.3 is 15.5 Å². The highest BCUT2D eigenvalue weighted by Crippen LogP contribution is 2.32. The number of nitrogens with zero attached hydrogens (tertiary/aromatic N) is 1. The van der Waals surface area contributed by atoms with E-state index < -0.39 is 5.97 Å². The summed E-state index contributed by atoms with van der Waals surface area (Å²) in [5.74, 6) is -1.01. The SMILES string of the molecule is CCCCCCCNC(=O)N(C)c1cccc(-c2ccc(C=CC(=O)O)cc2O)c1. The molecule has 0 unspecified atom stereocenters. The Hall–Kier alpha value is -3.28. The number of carboxylic acids is 1. The minimum absolute atomic E-state index is 0.0406. The number of hydrogen-bond acceptors (Lipinski definition) is 3. The summed E-state index contributed by atoms with van der Waals surface area (Å²) >= 11 is 0. The molecule has 0 bridgehead atoms. The molecule has 6 heteroatoms. The van der Waals surface area contributed by atoms with Gasteiger partial charge in [0.25, 0.3) is 0 Å². The number of benzene rings is 2. The van der Waals surface area contributed by atoms with Crippen LogP contribution in [0.1, 0.15) is 44.6 Å². The number of amides is 2. The number of carbonyl (C=O) groups is 2. The van der Waals surface area contributed by atoms with Crippen LogP contribution in [0.4, 0.5) is 10.5 Å². The minimum atomic E-state index is -1.05. The van der Waals surface area contributed by atoms with E-state index in [2.05, 4.69) is 12.2 Å². The predicted molar refractivity (Wildman–Crippen MR) is 121 cm³/mol. The van der Waals surface area contributed by atoms with E-state index in [1.54, 1.807) is 24.1 Å². The Labute approximate surface area is 177 Å². The molecule has 0 radical (unpaired) electrons. The van der Waals surface area contributed by atoms with Crippen molar-refractivity contribution in [2.45, 2.75) is 39.0 Å². The summed E-state index contributed by atoms with van der Waals surface area (Å²) in [6.07, 6.45) is 8.14. The highest BCUT2D eigenvalue weighted by molar-refractivity contribution is 5.92. The summed E-state index contributed by atoms with van der Waals surface area (Å²) < 4.78 is 0. The van der Waals surface area contributed by atoms with Gasteiger partial charge in [-0.05, 0) is 41.8 Å². The molecule has 2 rings (SSSR count). The lowest BCUT2D eigenvalue weighted by atomic mass is 10.0. The molecule has 0 spiro atoms. The zero-order valence-electron chi connectivity index (χ0n) is 17.6. The number of phenolic OH excluding ortho intramolecular Hbond substituents is 1. The highest BCUT2D eigenvalue weighted by Gasteiger charge is 2.12. The van der Waals surface area contributed by atoms with Crippen molar-refractivity contribution in [1.29, 1.82) is 0 Å². The molecule has 2 aromatic carbocycles. The van der Waals surface area contributed by atoms with Crippen LogP contribution in [0.2, 0.25) is 0 Å². The molecular formula is C24H30N2O4. The topological polar surface area (TPSA) is 89.9 Å².